The van der Waals surface area contributed by atoms with E-state index in [9.17, 15) is 0 Å². The fraction of sp³-hybridized carbons (Fsp3) is 0.222. The molecular formula is C18H16BrN. The highest BCUT2D eigenvalue weighted by Crippen LogP contribution is 2.51. The second-order valence-electron chi connectivity index (χ2n) is 5.59. The first-order valence-corrected chi connectivity index (χ1v) is 7.90. The number of hydrogen-bond acceptors (Lipinski definition) is 1. The Morgan fingerprint density at radius 3 is 2.70 bits per heavy atom. The van der Waals surface area contributed by atoms with Gasteiger partial charge in [0.15, 0.2) is 0 Å². The van der Waals surface area contributed by atoms with Crippen molar-refractivity contribution in [3.8, 4) is 0 Å². The highest BCUT2D eigenvalue weighted by atomic mass is 79.9. The fourth-order valence-electron chi connectivity index (χ4n) is 3.57. The van der Waals surface area contributed by atoms with Gasteiger partial charge in [-0.15, -0.1) is 0 Å². The summed E-state index contributed by atoms with van der Waals surface area (Å²) in [4.78, 5) is 0. The van der Waals surface area contributed by atoms with Crippen LogP contribution in [0.5, 0.6) is 0 Å². The molecule has 1 nitrogen and oxygen atoms in total. The van der Waals surface area contributed by atoms with Crippen molar-refractivity contribution in [3.05, 3.63) is 76.3 Å². The molecule has 0 aromatic heterocycles. The van der Waals surface area contributed by atoms with Gasteiger partial charge in [-0.05, 0) is 45.5 Å². The molecule has 2 aliphatic rings. The van der Waals surface area contributed by atoms with Crippen molar-refractivity contribution >= 4 is 21.6 Å². The molecule has 4 rings (SSSR count). The number of rotatable bonds is 1. The van der Waals surface area contributed by atoms with Crippen molar-refractivity contribution in [3.63, 3.8) is 0 Å². The minimum absolute atomic E-state index is 0.391. The summed E-state index contributed by atoms with van der Waals surface area (Å²) in [6, 6.07) is 17.7. The molecular weight excluding hydrogens is 310 g/mol. The second kappa shape index (κ2) is 4.78. The quantitative estimate of drug-likeness (QED) is 0.704. The zero-order valence-electron chi connectivity index (χ0n) is 11.1. The van der Waals surface area contributed by atoms with Gasteiger partial charge in [0.2, 0.25) is 0 Å². The molecule has 1 heterocycles. The summed E-state index contributed by atoms with van der Waals surface area (Å²) in [5.41, 5.74) is 4.06. The second-order valence-corrected chi connectivity index (χ2v) is 6.44. The molecule has 0 unspecified atom stereocenters. The zero-order chi connectivity index (χ0) is 13.5. The van der Waals surface area contributed by atoms with Gasteiger partial charge in [-0.2, -0.15) is 0 Å². The van der Waals surface area contributed by atoms with Crippen LogP contribution in [0.2, 0.25) is 0 Å². The Bertz CT molecular complexity index is 662. The van der Waals surface area contributed by atoms with Gasteiger partial charge in [0, 0.05) is 10.4 Å². The van der Waals surface area contributed by atoms with E-state index in [1.165, 1.54) is 16.8 Å². The molecule has 20 heavy (non-hydrogen) atoms. The molecule has 100 valence electrons. The number of allylic oxidation sites excluding steroid dienone is 2. The molecule has 0 amide bonds. The van der Waals surface area contributed by atoms with Crippen LogP contribution in [0.25, 0.3) is 0 Å². The van der Waals surface area contributed by atoms with Crippen molar-refractivity contribution in [1.29, 1.82) is 0 Å². The van der Waals surface area contributed by atoms with Gasteiger partial charge in [0.1, 0.15) is 0 Å². The first-order chi connectivity index (χ1) is 9.84. The first-order valence-electron chi connectivity index (χ1n) is 7.11. The number of hydrogen-bond donors (Lipinski definition) is 1. The topological polar surface area (TPSA) is 12.0 Å². The average Bonchev–Trinajstić information content (AvgIpc) is 2.97. The van der Waals surface area contributed by atoms with Crippen molar-refractivity contribution in [2.45, 2.75) is 18.4 Å². The Hall–Kier alpha value is -1.54. The summed E-state index contributed by atoms with van der Waals surface area (Å²) in [5, 5.41) is 3.77. The van der Waals surface area contributed by atoms with E-state index in [1.807, 2.05) is 0 Å². The molecule has 0 saturated carbocycles. The number of para-hydroxylation sites is 1. The maximum absolute atomic E-state index is 3.77. The molecule has 2 aromatic rings. The molecule has 2 aromatic carbocycles. The van der Waals surface area contributed by atoms with E-state index in [2.05, 4.69) is 81.9 Å². The third-order valence-electron chi connectivity index (χ3n) is 4.50. The van der Waals surface area contributed by atoms with Gasteiger partial charge < -0.3 is 5.32 Å². The summed E-state index contributed by atoms with van der Waals surface area (Å²) in [6.07, 6.45) is 5.87. The predicted octanol–water partition coefficient (Wildman–Crippen LogP) is 5.28. The zero-order valence-corrected chi connectivity index (χ0v) is 12.7. The molecule has 0 saturated heterocycles. The fourth-order valence-corrected chi connectivity index (χ4v) is 4.07. The summed E-state index contributed by atoms with van der Waals surface area (Å²) >= 11 is 3.69. The van der Waals surface area contributed by atoms with E-state index in [0.717, 1.165) is 10.9 Å². The Labute approximate surface area is 127 Å². The van der Waals surface area contributed by atoms with Crippen LogP contribution in [0.15, 0.2) is 65.2 Å². The molecule has 0 radical (unpaired) electrons. The van der Waals surface area contributed by atoms with Gasteiger partial charge in [-0.25, -0.2) is 0 Å². The molecule has 2 heteroatoms. The van der Waals surface area contributed by atoms with Crippen LogP contribution in [-0.4, -0.2) is 0 Å². The first kappa shape index (κ1) is 12.2. The normalized spacial score (nSPS) is 26.8. The van der Waals surface area contributed by atoms with E-state index in [0.29, 0.717) is 17.9 Å². The maximum Gasteiger partial charge on any atom is 0.0554 e. The minimum Gasteiger partial charge on any atom is -0.377 e. The standard InChI is InChI=1S/C18H16BrN/c19-16-11-5-10-15-13-8-4-9-14(13)17(20-18(15)16)12-6-2-1-3-7-12/h1-8,10-11,13-14,17,20H,9H2/t13-,14-,17-/m1/s1. The highest BCUT2D eigenvalue weighted by molar-refractivity contribution is 9.10. The van der Waals surface area contributed by atoms with Crippen LogP contribution in [0.3, 0.4) is 0 Å². The average molecular weight is 326 g/mol. The predicted molar refractivity (Wildman–Crippen MR) is 86.9 cm³/mol. The van der Waals surface area contributed by atoms with Crippen LogP contribution in [-0.2, 0) is 0 Å². The number of nitrogens with one attached hydrogen (secondary N) is 1. The Morgan fingerprint density at radius 1 is 1.00 bits per heavy atom. The van der Waals surface area contributed by atoms with Crippen LogP contribution < -0.4 is 5.32 Å². The van der Waals surface area contributed by atoms with Gasteiger partial charge in [-0.3, -0.25) is 0 Å². The van der Waals surface area contributed by atoms with Crippen LogP contribution in [0.1, 0.15) is 29.5 Å². The van der Waals surface area contributed by atoms with Crippen molar-refractivity contribution in [2.24, 2.45) is 5.92 Å². The van der Waals surface area contributed by atoms with Gasteiger partial charge >= 0.3 is 0 Å². The molecule has 3 atom stereocenters. The van der Waals surface area contributed by atoms with Crippen LogP contribution in [0.4, 0.5) is 5.69 Å². The largest absolute Gasteiger partial charge is 0.377 e. The SMILES string of the molecule is Brc1cccc2c1N[C@H](c1ccccc1)[C@@H]1CC=C[C@@H]21. The summed E-state index contributed by atoms with van der Waals surface area (Å²) in [5.74, 6) is 1.16. The Kier molecular flexibility index (Phi) is 2.92. The van der Waals surface area contributed by atoms with Crippen molar-refractivity contribution in [1.82, 2.24) is 0 Å². The maximum atomic E-state index is 3.77. The minimum atomic E-state index is 0.391. The highest BCUT2D eigenvalue weighted by Gasteiger charge is 2.38. The lowest BCUT2D eigenvalue weighted by Gasteiger charge is -2.38. The number of benzene rings is 2. The number of halogens is 1. The third kappa shape index (κ3) is 1.82. The van der Waals surface area contributed by atoms with E-state index in [1.54, 1.807) is 0 Å². The summed E-state index contributed by atoms with van der Waals surface area (Å²) in [7, 11) is 0. The molecule has 1 N–H and O–H groups in total. The van der Waals surface area contributed by atoms with E-state index >= 15 is 0 Å². The summed E-state index contributed by atoms with van der Waals surface area (Å²) in [6.45, 7) is 0. The molecule has 1 aliphatic carbocycles. The molecule has 1 aliphatic heterocycles. The lowest BCUT2D eigenvalue weighted by molar-refractivity contribution is 0.425. The molecule has 0 spiro atoms. The Balaban J connectivity index is 1.83. The van der Waals surface area contributed by atoms with E-state index in [4.69, 9.17) is 0 Å². The lowest BCUT2D eigenvalue weighted by Crippen LogP contribution is -2.29. The molecule has 0 fully saturated rings. The number of anilines is 1. The van der Waals surface area contributed by atoms with Crippen molar-refractivity contribution < 1.29 is 0 Å². The van der Waals surface area contributed by atoms with E-state index in [-0.39, 0.29) is 0 Å². The van der Waals surface area contributed by atoms with Gasteiger partial charge in [-0.1, -0.05) is 54.6 Å². The van der Waals surface area contributed by atoms with Gasteiger partial charge in [0.05, 0.1) is 11.7 Å². The van der Waals surface area contributed by atoms with Crippen LogP contribution in [0, 0.1) is 5.92 Å². The lowest BCUT2D eigenvalue weighted by atomic mass is 9.77. The van der Waals surface area contributed by atoms with Gasteiger partial charge in [0.25, 0.3) is 0 Å². The smallest absolute Gasteiger partial charge is 0.0554 e. The molecule has 0 bridgehead atoms. The number of fused-ring (bicyclic) bond motifs is 3. The van der Waals surface area contributed by atoms with Crippen molar-refractivity contribution in [2.75, 3.05) is 5.32 Å². The monoisotopic (exact) mass is 325 g/mol. The third-order valence-corrected chi connectivity index (χ3v) is 5.17. The summed E-state index contributed by atoms with van der Waals surface area (Å²) < 4.78 is 1.16. The van der Waals surface area contributed by atoms with E-state index < -0.39 is 0 Å². The van der Waals surface area contributed by atoms with Crippen LogP contribution >= 0.6 is 15.9 Å². The Morgan fingerprint density at radius 2 is 1.85 bits per heavy atom.